The highest BCUT2D eigenvalue weighted by Crippen LogP contribution is 2.22. The summed E-state index contributed by atoms with van der Waals surface area (Å²) in [6.07, 6.45) is 0.465. The number of hydrogen-bond donors (Lipinski definition) is 0. The van der Waals surface area contributed by atoms with Crippen molar-refractivity contribution in [2.24, 2.45) is 0 Å². The first kappa shape index (κ1) is 10.4. The van der Waals surface area contributed by atoms with Gasteiger partial charge in [-0.1, -0.05) is 18.2 Å². The predicted molar refractivity (Wildman–Crippen MR) is 58.3 cm³/mol. The lowest BCUT2D eigenvalue weighted by molar-refractivity contribution is 0.111. The first-order valence-electron chi connectivity index (χ1n) is 4.77. The van der Waals surface area contributed by atoms with Gasteiger partial charge in [0.15, 0.2) is 6.29 Å². The smallest absolute Gasteiger partial charge is 0.153 e. The molecule has 0 spiro atoms. The van der Waals surface area contributed by atoms with Crippen molar-refractivity contribution in [3.8, 4) is 11.5 Å². The molecule has 0 fully saturated rings. The van der Waals surface area contributed by atoms with Crippen molar-refractivity contribution in [3.05, 3.63) is 59.9 Å². The lowest BCUT2D eigenvalue weighted by atomic mass is 10.2. The van der Waals surface area contributed by atoms with Crippen LogP contribution in [0.2, 0.25) is 0 Å². The summed E-state index contributed by atoms with van der Waals surface area (Å²) in [5.41, 5.74) is -0.00608. The van der Waals surface area contributed by atoms with Gasteiger partial charge in [0.2, 0.25) is 0 Å². The summed E-state index contributed by atoms with van der Waals surface area (Å²) in [5.74, 6) is 0.538. The molecule has 0 heterocycles. The van der Waals surface area contributed by atoms with Gasteiger partial charge in [-0.15, -0.1) is 0 Å². The van der Waals surface area contributed by atoms with E-state index in [1.807, 2.05) is 18.2 Å². The van der Waals surface area contributed by atoms with Crippen molar-refractivity contribution in [1.82, 2.24) is 0 Å². The Morgan fingerprint density at radius 2 is 1.75 bits per heavy atom. The molecule has 0 amide bonds. The zero-order valence-corrected chi connectivity index (χ0v) is 8.39. The minimum atomic E-state index is -0.546. The van der Waals surface area contributed by atoms with Crippen LogP contribution in [0.3, 0.4) is 0 Å². The zero-order valence-electron chi connectivity index (χ0n) is 8.39. The molecule has 0 saturated carbocycles. The molecule has 0 unspecified atom stereocenters. The fourth-order valence-corrected chi connectivity index (χ4v) is 1.30. The van der Waals surface area contributed by atoms with E-state index in [2.05, 4.69) is 0 Å². The third kappa shape index (κ3) is 2.25. The van der Waals surface area contributed by atoms with Gasteiger partial charge in [0.05, 0.1) is 5.56 Å². The number of hydrogen-bond acceptors (Lipinski definition) is 2. The molecule has 0 aliphatic carbocycles. The Morgan fingerprint density at radius 3 is 2.44 bits per heavy atom. The van der Waals surface area contributed by atoms with Crippen LogP contribution in [0, 0.1) is 5.82 Å². The zero-order chi connectivity index (χ0) is 11.4. The van der Waals surface area contributed by atoms with Crippen molar-refractivity contribution in [3.63, 3.8) is 0 Å². The van der Waals surface area contributed by atoms with E-state index in [1.165, 1.54) is 18.2 Å². The van der Waals surface area contributed by atoms with Crippen molar-refractivity contribution in [1.29, 1.82) is 0 Å². The molecule has 0 bridgehead atoms. The summed E-state index contributed by atoms with van der Waals surface area (Å²) in [7, 11) is 0. The van der Waals surface area contributed by atoms with E-state index in [0.717, 1.165) is 0 Å². The standard InChI is InChI=1S/C13H9FO2/c14-13-7-6-12(8-10(13)9-15)16-11-4-2-1-3-5-11/h1-9H. The second-order valence-corrected chi connectivity index (χ2v) is 3.22. The number of halogens is 1. The van der Waals surface area contributed by atoms with Gasteiger partial charge in [0.1, 0.15) is 17.3 Å². The molecule has 80 valence electrons. The average Bonchev–Trinajstić information content (AvgIpc) is 2.33. The van der Waals surface area contributed by atoms with Crippen LogP contribution in [0.4, 0.5) is 4.39 Å². The van der Waals surface area contributed by atoms with Gasteiger partial charge in [-0.3, -0.25) is 4.79 Å². The molecule has 0 saturated heterocycles. The van der Waals surface area contributed by atoms with Gasteiger partial charge in [0.25, 0.3) is 0 Å². The molecule has 2 aromatic rings. The number of para-hydroxylation sites is 1. The average molecular weight is 216 g/mol. The first-order valence-corrected chi connectivity index (χ1v) is 4.77. The molecular formula is C13H9FO2. The number of aldehydes is 1. The predicted octanol–water partition coefficient (Wildman–Crippen LogP) is 3.43. The number of carbonyl (C=O) groups is 1. The van der Waals surface area contributed by atoms with Crippen molar-refractivity contribution in [2.75, 3.05) is 0 Å². The maximum atomic E-state index is 13.0. The van der Waals surface area contributed by atoms with Crippen LogP contribution in [-0.2, 0) is 0 Å². The molecule has 0 N–H and O–H groups in total. The lowest BCUT2D eigenvalue weighted by Crippen LogP contribution is -1.90. The number of rotatable bonds is 3. The second-order valence-electron chi connectivity index (χ2n) is 3.22. The fourth-order valence-electron chi connectivity index (χ4n) is 1.30. The van der Waals surface area contributed by atoms with Crippen LogP contribution in [0.1, 0.15) is 10.4 Å². The Balaban J connectivity index is 2.26. The Bertz CT molecular complexity index is 495. The number of benzene rings is 2. The Hall–Kier alpha value is -2.16. The summed E-state index contributed by atoms with van der Waals surface area (Å²) in [4.78, 5) is 10.5. The summed E-state index contributed by atoms with van der Waals surface area (Å²) in [5, 5.41) is 0. The first-order chi connectivity index (χ1) is 7.79. The van der Waals surface area contributed by atoms with Gasteiger partial charge in [0, 0.05) is 0 Å². The van der Waals surface area contributed by atoms with Crippen molar-refractivity contribution in [2.45, 2.75) is 0 Å². The minimum absolute atomic E-state index is 0.00608. The quantitative estimate of drug-likeness (QED) is 0.734. The minimum Gasteiger partial charge on any atom is -0.457 e. The van der Waals surface area contributed by atoms with Crippen LogP contribution >= 0.6 is 0 Å². The molecule has 2 nitrogen and oxygen atoms in total. The summed E-state index contributed by atoms with van der Waals surface area (Å²) in [6.45, 7) is 0. The monoisotopic (exact) mass is 216 g/mol. The van der Waals surface area contributed by atoms with Gasteiger partial charge < -0.3 is 4.74 Å². The molecule has 2 aromatic carbocycles. The van der Waals surface area contributed by atoms with E-state index >= 15 is 0 Å². The van der Waals surface area contributed by atoms with Gasteiger partial charge in [-0.2, -0.15) is 0 Å². The number of carbonyl (C=O) groups excluding carboxylic acids is 1. The summed E-state index contributed by atoms with van der Waals surface area (Å²) in [6, 6.07) is 13.2. The van der Waals surface area contributed by atoms with Crippen molar-refractivity contribution >= 4 is 6.29 Å². The van der Waals surface area contributed by atoms with Crippen LogP contribution in [0.5, 0.6) is 11.5 Å². The van der Waals surface area contributed by atoms with E-state index in [0.29, 0.717) is 17.8 Å². The van der Waals surface area contributed by atoms with Crippen LogP contribution in [0.15, 0.2) is 48.5 Å². The number of ether oxygens (including phenoxy) is 1. The second kappa shape index (κ2) is 4.57. The largest absolute Gasteiger partial charge is 0.457 e. The molecule has 2 rings (SSSR count). The molecule has 0 aliphatic heterocycles. The Labute approximate surface area is 92.3 Å². The van der Waals surface area contributed by atoms with Gasteiger partial charge in [-0.25, -0.2) is 4.39 Å². The highest BCUT2D eigenvalue weighted by molar-refractivity contribution is 5.76. The van der Waals surface area contributed by atoms with E-state index in [9.17, 15) is 9.18 Å². The van der Waals surface area contributed by atoms with Crippen LogP contribution in [-0.4, -0.2) is 6.29 Å². The van der Waals surface area contributed by atoms with Gasteiger partial charge >= 0.3 is 0 Å². The maximum Gasteiger partial charge on any atom is 0.153 e. The molecule has 0 radical (unpaired) electrons. The third-order valence-corrected chi connectivity index (χ3v) is 2.07. The highest BCUT2D eigenvalue weighted by Gasteiger charge is 2.03. The van der Waals surface area contributed by atoms with Crippen LogP contribution in [0.25, 0.3) is 0 Å². The van der Waals surface area contributed by atoms with E-state index < -0.39 is 5.82 Å². The van der Waals surface area contributed by atoms with E-state index in [4.69, 9.17) is 4.74 Å². The Kier molecular flexibility index (Phi) is 2.96. The lowest BCUT2D eigenvalue weighted by Gasteiger charge is -2.05. The third-order valence-electron chi connectivity index (χ3n) is 2.07. The SMILES string of the molecule is O=Cc1cc(Oc2ccccc2)ccc1F. The molecule has 0 aromatic heterocycles. The molecule has 0 aliphatic rings. The van der Waals surface area contributed by atoms with Gasteiger partial charge in [-0.05, 0) is 30.3 Å². The Morgan fingerprint density at radius 1 is 1.00 bits per heavy atom. The molecule has 3 heteroatoms. The normalized spacial score (nSPS) is 9.81. The molecule has 16 heavy (non-hydrogen) atoms. The van der Waals surface area contributed by atoms with Crippen molar-refractivity contribution < 1.29 is 13.9 Å². The highest BCUT2D eigenvalue weighted by atomic mass is 19.1. The summed E-state index contributed by atoms with van der Waals surface area (Å²) >= 11 is 0. The van der Waals surface area contributed by atoms with Crippen LogP contribution < -0.4 is 4.74 Å². The fraction of sp³-hybridized carbons (Fsp3) is 0. The van der Waals surface area contributed by atoms with E-state index in [-0.39, 0.29) is 5.56 Å². The summed E-state index contributed by atoms with van der Waals surface area (Å²) < 4.78 is 18.5. The maximum absolute atomic E-state index is 13.0. The molecular weight excluding hydrogens is 207 g/mol. The molecule has 0 atom stereocenters. The van der Waals surface area contributed by atoms with E-state index in [1.54, 1.807) is 12.1 Å². The topological polar surface area (TPSA) is 26.3 Å².